The Hall–Kier alpha value is -1.06. The molecule has 0 aliphatic carbocycles. The summed E-state index contributed by atoms with van der Waals surface area (Å²) in [5, 5.41) is 0. The molecule has 0 spiro atoms. The van der Waals surface area contributed by atoms with Crippen molar-refractivity contribution in [3.05, 3.63) is 29.8 Å². The van der Waals surface area contributed by atoms with Crippen LogP contribution in [-0.2, 0) is 6.54 Å². The smallest absolute Gasteiger partial charge is 0.119 e. The monoisotopic (exact) mass is 290 g/mol. The van der Waals surface area contributed by atoms with Gasteiger partial charge in [-0.3, -0.25) is 9.80 Å². The Bertz CT molecular complexity index is 392. The van der Waals surface area contributed by atoms with Crippen molar-refractivity contribution < 1.29 is 4.74 Å². The fourth-order valence-electron chi connectivity index (χ4n) is 3.21. The lowest BCUT2D eigenvalue weighted by Crippen LogP contribution is -2.49. The van der Waals surface area contributed by atoms with Crippen LogP contribution in [0.25, 0.3) is 0 Å². The summed E-state index contributed by atoms with van der Waals surface area (Å²) in [5.41, 5.74) is 1.38. The van der Waals surface area contributed by atoms with E-state index in [4.69, 9.17) is 4.74 Å². The van der Waals surface area contributed by atoms with E-state index in [-0.39, 0.29) is 0 Å². The van der Waals surface area contributed by atoms with Crippen LogP contribution < -0.4 is 4.74 Å². The van der Waals surface area contributed by atoms with Crippen LogP contribution in [0.4, 0.5) is 0 Å². The first-order valence-electron chi connectivity index (χ1n) is 8.44. The van der Waals surface area contributed by atoms with Crippen LogP contribution in [0, 0.1) is 0 Å². The van der Waals surface area contributed by atoms with E-state index < -0.39 is 0 Å². The molecule has 0 unspecified atom stereocenters. The molecule has 0 bridgehead atoms. The van der Waals surface area contributed by atoms with Gasteiger partial charge in [0.2, 0.25) is 0 Å². The Morgan fingerprint density at radius 3 is 2.10 bits per heavy atom. The summed E-state index contributed by atoms with van der Waals surface area (Å²) >= 11 is 0. The number of piperazine rings is 1. The van der Waals surface area contributed by atoms with Crippen LogP contribution >= 0.6 is 0 Å². The molecule has 1 aromatic rings. The maximum atomic E-state index is 5.50. The number of ether oxygens (including phenoxy) is 1. The molecule has 21 heavy (non-hydrogen) atoms. The highest BCUT2D eigenvalue weighted by molar-refractivity contribution is 5.27. The molecule has 1 aliphatic heterocycles. The van der Waals surface area contributed by atoms with Gasteiger partial charge in [0, 0.05) is 38.8 Å². The summed E-state index contributed by atoms with van der Waals surface area (Å²) in [6.07, 6.45) is 2.55. The average Bonchev–Trinajstić information content (AvgIpc) is 2.52. The first kappa shape index (κ1) is 16.3. The summed E-state index contributed by atoms with van der Waals surface area (Å²) in [5.74, 6) is 0.972. The number of nitrogens with zero attached hydrogens (tertiary/aromatic N) is 2. The van der Waals surface area contributed by atoms with E-state index in [0.717, 1.165) is 24.9 Å². The maximum absolute atomic E-state index is 5.50. The molecule has 0 N–H and O–H groups in total. The first-order chi connectivity index (χ1) is 10.3. The second-order valence-corrected chi connectivity index (χ2v) is 5.86. The summed E-state index contributed by atoms with van der Waals surface area (Å²) in [6.45, 7) is 13.2. The van der Waals surface area contributed by atoms with Gasteiger partial charge >= 0.3 is 0 Å². The fourth-order valence-corrected chi connectivity index (χ4v) is 3.21. The molecule has 0 saturated carbocycles. The lowest BCUT2D eigenvalue weighted by Gasteiger charge is -2.38. The van der Waals surface area contributed by atoms with Gasteiger partial charge in [0.25, 0.3) is 0 Å². The van der Waals surface area contributed by atoms with Gasteiger partial charge in [0.1, 0.15) is 5.75 Å². The minimum Gasteiger partial charge on any atom is -0.494 e. The largest absolute Gasteiger partial charge is 0.494 e. The molecule has 1 aromatic carbocycles. The summed E-state index contributed by atoms with van der Waals surface area (Å²) in [7, 11) is 0. The van der Waals surface area contributed by atoms with Gasteiger partial charge in [-0.1, -0.05) is 26.0 Å². The molecule has 118 valence electrons. The van der Waals surface area contributed by atoms with Crippen molar-refractivity contribution in [2.45, 2.75) is 46.2 Å². The van der Waals surface area contributed by atoms with Crippen molar-refractivity contribution in [2.75, 3.05) is 32.8 Å². The minimum absolute atomic E-state index is 0.733. The van der Waals surface area contributed by atoms with Crippen LogP contribution in [0.15, 0.2) is 24.3 Å². The maximum Gasteiger partial charge on any atom is 0.119 e. The predicted molar refractivity (Wildman–Crippen MR) is 88.8 cm³/mol. The van der Waals surface area contributed by atoms with E-state index in [1.54, 1.807) is 0 Å². The first-order valence-corrected chi connectivity index (χ1v) is 8.44. The van der Waals surface area contributed by atoms with Crippen molar-refractivity contribution in [1.29, 1.82) is 0 Å². The third kappa shape index (κ3) is 4.72. The summed E-state index contributed by atoms with van der Waals surface area (Å²) in [4.78, 5) is 5.23. The fraction of sp³-hybridized carbons (Fsp3) is 0.667. The Morgan fingerprint density at radius 2 is 1.57 bits per heavy atom. The minimum atomic E-state index is 0.733. The van der Waals surface area contributed by atoms with Gasteiger partial charge < -0.3 is 4.74 Å². The third-order valence-electron chi connectivity index (χ3n) is 4.51. The van der Waals surface area contributed by atoms with Crippen molar-refractivity contribution >= 4 is 0 Å². The van der Waals surface area contributed by atoms with E-state index in [1.165, 1.54) is 44.6 Å². The van der Waals surface area contributed by atoms with Gasteiger partial charge in [-0.15, -0.1) is 0 Å². The standard InChI is InChI=1S/C18H30N2O/c1-4-17(5-2)20-13-11-19(12-14-20)15-16-7-9-18(10-8-16)21-6-3/h7-10,17H,4-6,11-15H2,1-3H3. The van der Waals surface area contributed by atoms with Crippen molar-refractivity contribution in [2.24, 2.45) is 0 Å². The van der Waals surface area contributed by atoms with E-state index in [1.807, 2.05) is 6.92 Å². The van der Waals surface area contributed by atoms with Gasteiger partial charge in [0.05, 0.1) is 6.61 Å². The topological polar surface area (TPSA) is 15.7 Å². The SMILES string of the molecule is CCOc1ccc(CN2CCN(C(CC)CC)CC2)cc1. The summed E-state index contributed by atoms with van der Waals surface area (Å²) < 4.78 is 5.50. The predicted octanol–water partition coefficient (Wildman–Crippen LogP) is 3.39. The zero-order chi connectivity index (χ0) is 15.1. The number of hydrogen-bond acceptors (Lipinski definition) is 3. The zero-order valence-corrected chi connectivity index (χ0v) is 13.8. The Balaban J connectivity index is 1.80. The Labute approximate surface area is 129 Å². The van der Waals surface area contributed by atoms with Crippen LogP contribution in [-0.4, -0.2) is 48.6 Å². The molecule has 2 rings (SSSR count). The highest BCUT2D eigenvalue weighted by Gasteiger charge is 2.21. The van der Waals surface area contributed by atoms with Gasteiger partial charge in [0.15, 0.2) is 0 Å². The highest BCUT2D eigenvalue weighted by atomic mass is 16.5. The molecule has 1 fully saturated rings. The van der Waals surface area contributed by atoms with E-state index in [2.05, 4.69) is 47.9 Å². The van der Waals surface area contributed by atoms with E-state index in [9.17, 15) is 0 Å². The molecule has 3 nitrogen and oxygen atoms in total. The third-order valence-corrected chi connectivity index (χ3v) is 4.51. The molecule has 0 radical (unpaired) electrons. The van der Waals surface area contributed by atoms with E-state index >= 15 is 0 Å². The Morgan fingerprint density at radius 1 is 0.952 bits per heavy atom. The Kier molecular flexibility index (Phi) is 6.52. The van der Waals surface area contributed by atoms with Crippen molar-refractivity contribution in [3.63, 3.8) is 0 Å². The number of rotatable bonds is 7. The molecule has 1 saturated heterocycles. The second kappa shape index (κ2) is 8.40. The molecule has 3 heteroatoms. The van der Waals surface area contributed by atoms with Crippen LogP contribution in [0.1, 0.15) is 39.2 Å². The highest BCUT2D eigenvalue weighted by Crippen LogP contribution is 2.16. The molecule has 1 heterocycles. The van der Waals surface area contributed by atoms with Crippen LogP contribution in [0.3, 0.4) is 0 Å². The van der Waals surface area contributed by atoms with E-state index in [0.29, 0.717) is 0 Å². The van der Waals surface area contributed by atoms with Crippen LogP contribution in [0.5, 0.6) is 5.75 Å². The number of hydrogen-bond donors (Lipinski definition) is 0. The van der Waals surface area contributed by atoms with Crippen molar-refractivity contribution in [3.8, 4) is 5.75 Å². The molecule has 1 aliphatic rings. The normalized spacial score (nSPS) is 17.3. The molecular formula is C18H30N2O. The quantitative estimate of drug-likeness (QED) is 0.765. The zero-order valence-electron chi connectivity index (χ0n) is 13.8. The van der Waals surface area contributed by atoms with Gasteiger partial charge in [-0.2, -0.15) is 0 Å². The molecule has 0 atom stereocenters. The van der Waals surface area contributed by atoms with Crippen LogP contribution in [0.2, 0.25) is 0 Å². The molecular weight excluding hydrogens is 260 g/mol. The molecule has 0 amide bonds. The average molecular weight is 290 g/mol. The lowest BCUT2D eigenvalue weighted by atomic mass is 10.1. The van der Waals surface area contributed by atoms with Gasteiger partial charge in [-0.05, 0) is 37.5 Å². The lowest BCUT2D eigenvalue weighted by molar-refractivity contribution is 0.0881. The second-order valence-electron chi connectivity index (χ2n) is 5.86. The van der Waals surface area contributed by atoms with Gasteiger partial charge in [-0.25, -0.2) is 0 Å². The summed E-state index contributed by atoms with van der Waals surface area (Å²) in [6, 6.07) is 9.33. The van der Waals surface area contributed by atoms with Crippen molar-refractivity contribution in [1.82, 2.24) is 9.80 Å². The molecule has 0 aromatic heterocycles. The number of benzene rings is 1.